The van der Waals surface area contributed by atoms with Gasteiger partial charge in [-0.15, -0.1) is 0 Å². The summed E-state index contributed by atoms with van der Waals surface area (Å²) in [5.41, 5.74) is 0.339. The molecule has 2 N–H and O–H groups in total. The van der Waals surface area contributed by atoms with E-state index in [9.17, 15) is 12.8 Å². The zero-order valence-electron chi connectivity index (χ0n) is 10.5. The summed E-state index contributed by atoms with van der Waals surface area (Å²) in [6, 6.07) is 1.07. The minimum Gasteiger partial charge on any atom is -0.372 e. The second-order valence-corrected chi connectivity index (χ2v) is 7.24. The number of halogens is 3. The van der Waals surface area contributed by atoms with Gasteiger partial charge in [-0.05, 0) is 22.0 Å². The zero-order valence-corrected chi connectivity index (χ0v) is 13.7. The van der Waals surface area contributed by atoms with Gasteiger partial charge in [-0.2, -0.15) is 0 Å². The van der Waals surface area contributed by atoms with Crippen molar-refractivity contribution in [2.45, 2.75) is 6.42 Å². The third kappa shape index (κ3) is 3.62. The quantitative estimate of drug-likeness (QED) is 0.782. The van der Waals surface area contributed by atoms with E-state index in [0.717, 1.165) is 18.9 Å². The molecule has 0 atom stereocenters. The molecule has 2 rings (SSSR count). The van der Waals surface area contributed by atoms with E-state index in [1.54, 1.807) is 0 Å². The molecular formula is C11H12BrClFN3O2S. The SMILES string of the molecule is CS(=O)(=O)Nc1cc(F)c(CC2=NCCN2)c(Br)c1Cl. The Kier molecular flexibility index (Phi) is 4.55. The zero-order chi connectivity index (χ0) is 14.9. The van der Waals surface area contributed by atoms with Gasteiger partial charge in [-0.1, -0.05) is 11.6 Å². The van der Waals surface area contributed by atoms with Gasteiger partial charge in [-0.3, -0.25) is 9.71 Å². The smallest absolute Gasteiger partial charge is 0.229 e. The fraction of sp³-hybridized carbons (Fsp3) is 0.364. The van der Waals surface area contributed by atoms with Gasteiger partial charge in [0.1, 0.15) is 11.7 Å². The number of amidine groups is 1. The van der Waals surface area contributed by atoms with Crippen LogP contribution in [0.25, 0.3) is 0 Å². The lowest BCUT2D eigenvalue weighted by Crippen LogP contribution is -2.21. The van der Waals surface area contributed by atoms with E-state index in [4.69, 9.17) is 11.6 Å². The molecule has 0 saturated carbocycles. The van der Waals surface area contributed by atoms with Crippen LogP contribution < -0.4 is 10.0 Å². The van der Waals surface area contributed by atoms with E-state index in [0.29, 0.717) is 22.4 Å². The highest BCUT2D eigenvalue weighted by Gasteiger charge is 2.19. The monoisotopic (exact) mass is 383 g/mol. The number of nitrogens with one attached hydrogen (secondary N) is 2. The molecular weight excluding hydrogens is 373 g/mol. The van der Waals surface area contributed by atoms with Crippen molar-refractivity contribution in [3.05, 3.63) is 26.9 Å². The summed E-state index contributed by atoms with van der Waals surface area (Å²) in [6.45, 7) is 1.39. The summed E-state index contributed by atoms with van der Waals surface area (Å²) in [5, 5.41) is 3.16. The van der Waals surface area contributed by atoms with Gasteiger partial charge < -0.3 is 5.32 Å². The summed E-state index contributed by atoms with van der Waals surface area (Å²) >= 11 is 9.27. The summed E-state index contributed by atoms with van der Waals surface area (Å²) in [7, 11) is -3.53. The molecule has 0 amide bonds. The number of nitrogens with zero attached hydrogens (tertiary/aromatic N) is 1. The number of hydrogen-bond donors (Lipinski definition) is 2. The Hall–Kier alpha value is -0.860. The molecule has 0 spiro atoms. The van der Waals surface area contributed by atoms with Crippen LogP contribution in [0.15, 0.2) is 15.5 Å². The molecule has 1 aliphatic rings. The van der Waals surface area contributed by atoms with E-state index in [1.807, 2.05) is 0 Å². The fourth-order valence-corrected chi connectivity index (χ4v) is 3.18. The number of anilines is 1. The first-order valence-electron chi connectivity index (χ1n) is 5.69. The maximum Gasteiger partial charge on any atom is 0.229 e. The molecule has 0 aromatic heterocycles. The predicted molar refractivity (Wildman–Crippen MR) is 81.6 cm³/mol. The largest absolute Gasteiger partial charge is 0.372 e. The van der Waals surface area contributed by atoms with E-state index < -0.39 is 15.8 Å². The van der Waals surface area contributed by atoms with Crippen molar-refractivity contribution in [3.63, 3.8) is 0 Å². The second kappa shape index (κ2) is 5.87. The lowest BCUT2D eigenvalue weighted by molar-refractivity contribution is 0.606. The standard InChI is InChI=1S/C11H12BrClFN3O2S/c1-20(18,19)17-8-5-7(14)6(10(12)11(8)13)4-9-15-2-3-16-9/h5,17H,2-4H2,1H3,(H,15,16). The minimum atomic E-state index is -3.53. The molecule has 0 unspecified atom stereocenters. The summed E-state index contributed by atoms with van der Waals surface area (Å²) in [6.07, 6.45) is 1.24. The van der Waals surface area contributed by atoms with Gasteiger partial charge in [0, 0.05) is 23.0 Å². The number of aliphatic imine (C=N–C) groups is 1. The molecule has 20 heavy (non-hydrogen) atoms. The molecule has 0 radical (unpaired) electrons. The average Bonchev–Trinajstić information content (AvgIpc) is 2.82. The number of sulfonamides is 1. The topological polar surface area (TPSA) is 70.6 Å². The van der Waals surface area contributed by atoms with Crippen LogP contribution in [0.1, 0.15) is 5.56 Å². The molecule has 0 saturated heterocycles. The molecule has 0 aliphatic carbocycles. The van der Waals surface area contributed by atoms with Crippen molar-refractivity contribution in [1.29, 1.82) is 0 Å². The third-order valence-corrected chi connectivity index (χ3v) is 4.72. The predicted octanol–water partition coefficient (Wildman–Crippen LogP) is 2.16. The Bertz CT molecular complexity index is 679. The molecule has 1 aromatic carbocycles. The van der Waals surface area contributed by atoms with Gasteiger partial charge in [0.25, 0.3) is 0 Å². The Morgan fingerprint density at radius 1 is 1.60 bits per heavy atom. The lowest BCUT2D eigenvalue weighted by atomic mass is 10.1. The van der Waals surface area contributed by atoms with Gasteiger partial charge in [-0.25, -0.2) is 12.8 Å². The molecule has 1 aliphatic heterocycles. The first-order chi connectivity index (χ1) is 9.28. The Morgan fingerprint density at radius 2 is 2.30 bits per heavy atom. The van der Waals surface area contributed by atoms with Crippen LogP contribution >= 0.6 is 27.5 Å². The maximum absolute atomic E-state index is 14.1. The Morgan fingerprint density at radius 3 is 2.85 bits per heavy atom. The van der Waals surface area contributed by atoms with Crippen LogP contribution in [0, 0.1) is 5.82 Å². The van der Waals surface area contributed by atoms with Crippen LogP contribution in [0.2, 0.25) is 5.02 Å². The van der Waals surface area contributed by atoms with Gasteiger partial charge in [0.05, 0.1) is 23.5 Å². The first kappa shape index (κ1) is 15.5. The highest BCUT2D eigenvalue weighted by atomic mass is 79.9. The minimum absolute atomic E-state index is 0.00334. The Labute approximate surface area is 129 Å². The van der Waals surface area contributed by atoms with Crippen molar-refractivity contribution < 1.29 is 12.8 Å². The van der Waals surface area contributed by atoms with Gasteiger partial charge in [0.2, 0.25) is 10.0 Å². The van der Waals surface area contributed by atoms with Crippen molar-refractivity contribution in [1.82, 2.24) is 5.32 Å². The summed E-state index contributed by atoms with van der Waals surface area (Å²) in [5.74, 6) is 0.133. The van der Waals surface area contributed by atoms with Crippen molar-refractivity contribution in [2.24, 2.45) is 4.99 Å². The van der Waals surface area contributed by atoms with Crippen LogP contribution in [-0.2, 0) is 16.4 Å². The Balaban J connectivity index is 2.38. The van der Waals surface area contributed by atoms with Crippen LogP contribution in [0.3, 0.4) is 0 Å². The van der Waals surface area contributed by atoms with Gasteiger partial charge >= 0.3 is 0 Å². The van der Waals surface area contributed by atoms with Crippen LogP contribution in [0.4, 0.5) is 10.1 Å². The number of benzene rings is 1. The number of hydrogen-bond acceptors (Lipinski definition) is 4. The highest BCUT2D eigenvalue weighted by Crippen LogP contribution is 2.36. The molecule has 110 valence electrons. The van der Waals surface area contributed by atoms with Crippen molar-refractivity contribution in [3.8, 4) is 0 Å². The number of rotatable bonds is 4. The molecule has 9 heteroatoms. The maximum atomic E-state index is 14.1. The highest BCUT2D eigenvalue weighted by molar-refractivity contribution is 9.10. The van der Waals surface area contributed by atoms with Crippen LogP contribution in [-0.4, -0.2) is 33.6 Å². The third-order valence-electron chi connectivity index (χ3n) is 2.64. The summed E-state index contributed by atoms with van der Waals surface area (Å²) < 4.78 is 39.0. The second-order valence-electron chi connectivity index (χ2n) is 4.32. The van der Waals surface area contributed by atoms with Crippen molar-refractivity contribution >= 4 is 49.1 Å². The molecule has 0 bridgehead atoms. The van der Waals surface area contributed by atoms with Crippen LogP contribution in [0.5, 0.6) is 0 Å². The average molecular weight is 385 g/mol. The van der Waals surface area contributed by atoms with E-state index in [1.165, 1.54) is 0 Å². The van der Waals surface area contributed by atoms with E-state index >= 15 is 0 Å². The first-order valence-corrected chi connectivity index (χ1v) is 8.75. The van der Waals surface area contributed by atoms with E-state index in [-0.39, 0.29) is 17.1 Å². The molecule has 1 aromatic rings. The fourth-order valence-electron chi connectivity index (χ4n) is 1.80. The molecule has 1 heterocycles. The lowest BCUT2D eigenvalue weighted by Gasteiger charge is -2.13. The van der Waals surface area contributed by atoms with Gasteiger partial charge in [0.15, 0.2) is 0 Å². The normalized spacial score (nSPS) is 14.9. The molecule has 5 nitrogen and oxygen atoms in total. The van der Waals surface area contributed by atoms with E-state index in [2.05, 4.69) is 31.0 Å². The van der Waals surface area contributed by atoms with Crippen molar-refractivity contribution in [2.75, 3.05) is 24.1 Å². The summed E-state index contributed by atoms with van der Waals surface area (Å²) in [4.78, 5) is 4.19. The molecule has 0 fully saturated rings.